The zero-order valence-electron chi connectivity index (χ0n) is 17.3. The fourth-order valence-electron chi connectivity index (χ4n) is 3.19. The largest absolute Gasteiger partial charge is 0.492 e. The lowest BCUT2D eigenvalue weighted by atomic mass is 10.2. The molecule has 3 aromatic carbocycles. The summed E-state index contributed by atoms with van der Waals surface area (Å²) in [4.78, 5) is 17.4. The highest BCUT2D eigenvalue weighted by Gasteiger charge is 2.11. The Bertz CT molecular complexity index is 1140. The van der Waals surface area contributed by atoms with Gasteiger partial charge >= 0.3 is 0 Å². The van der Waals surface area contributed by atoms with E-state index >= 15 is 0 Å². The Morgan fingerprint density at radius 3 is 2.42 bits per heavy atom. The van der Waals surface area contributed by atoms with E-state index in [0.717, 1.165) is 28.1 Å². The Labute approximate surface area is 186 Å². The Balaban J connectivity index is 1.40. The lowest BCUT2D eigenvalue weighted by molar-refractivity contribution is 0.111. The number of ether oxygens (including phenoxy) is 2. The first-order valence-corrected chi connectivity index (χ1v) is 10.9. The van der Waals surface area contributed by atoms with Crippen LogP contribution in [0.15, 0.2) is 78.9 Å². The predicted molar refractivity (Wildman–Crippen MR) is 124 cm³/mol. The van der Waals surface area contributed by atoms with Gasteiger partial charge in [-0.15, -0.1) is 11.3 Å². The topological polar surface area (TPSA) is 48.4 Å². The highest BCUT2D eigenvalue weighted by Crippen LogP contribution is 2.28. The van der Waals surface area contributed by atoms with Gasteiger partial charge in [-0.3, -0.25) is 4.79 Å². The summed E-state index contributed by atoms with van der Waals surface area (Å²) < 4.78 is 11.8. The van der Waals surface area contributed by atoms with Crippen LogP contribution in [-0.4, -0.2) is 17.9 Å². The molecule has 5 heteroatoms. The SMILES string of the molecule is Cc1sc(-c2ccccc2)nc1CCOc1cc(OCc2ccccc2)ccc1C=O. The number of carbonyl (C=O) groups excluding carboxylic acids is 1. The lowest BCUT2D eigenvalue weighted by Gasteiger charge is -2.11. The summed E-state index contributed by atoms with van der Waals surface area (Å²) in [5.74, 6) is 1.19. The Kier molecular flexibility index (Phi) is 6.75. The lowest BCUT2D eigenvalue weighted by Crippen LogP contribution is -2.05. The van der Waals surface area contributed by atoms with Gasteiger partial charge in [-0.1, -0.05) is 60.7 Å². The average molecular weight is 430 g/mol. The summed E-state index contributed by atoms with van der Waals surface area (Å²) in [7, 11) is 0. The fraction of sp³-hybridized carbons (Fsp3) is 0.154. The summed E-state index contributed by atoms with van der Waals surface area (Å²) in [6.45, 7) is 2.97. The predicted octanol–water partition coefficient (Wildman–Crippen LogP) is 6.13. The molecule has 1 heterocycles. The molecule has 0 atom stereocenters. The van der Waals surface area contributed by atoms with Gasteiger partial charge in [-0.05, 0) is 24.6 Å². The number of aromatic nitrogens is 1. The number of hydrogen-bond donors (Lipinski definition) is 0. The molecule has 0 aliphatic carbocycles. The maximum atomic E-state index is 11.4. The molecule has 4 aromatic rings. The number of nitrogens with zero attached hydrogens (tertiary/aromatic N) is 1. The van der Waals surface area contributed by atoms with Crippen molar-refractivity contribution < 1.29 is 14.3 Å². The third kappa shape index (κ3) is 5.38. The summed E-state index contributed by atoms with van der Waals surface area (Å²) >= 11 is 1.69. The number of hydrogen-bond acceptors (Lipinski definition) is 5. The quantitative estimate of drug-likeness (QED) is 0.300. The Morgan fingerprint density at radius 2 is 1.68 bits per heavy atom. The molecule has 0 radical (unpaired) electrons. The normalized spacial score (nSPS) is 10.6. The van der Waals surface area contributed by atoms with Gasteiger partial charge in [-0.2, -0.15) is 0 Å². The molecule has 1 aromatic heterocycles. The standard InChI is InChI=1S/C26H23NO3S/c1-19-24(27-26(31-19)21-10-6-3-7-11-21)14-15-29-25-16-23(13-12-22(25)17-28)30-18-20-8-4-2-5-9-20/h2-13,16-17H,14-15,18H2,1H3. The molecule has 31 heavy (non-hydrogen) atoms. The molecule has 0 aliphatic heterocycles. The number of aryl methyl sites for hydroxylation is 1. The highest BCUT2D eigenvalue weighted by atomic mass is 32.1. The summed E-state index contributed by atoms with van der Waals surface area (Å²) in [5.41, 5.74) is 3.73. The highest BCUT2D eigenvalue weighted by molar-refractivity contribution is 7.15. The summed E-state index contributed by atoms with van der Waals surface area (Å²) in [5, 5.41) is 1.01. The van der Waals surface area contributed by atoms with Crippen molar-refractivity contribution in [2.45, 2.75) is 20.0 Å². The van der Waals surface area contributed by atoms with E-state index in [4.69, 9.17) is 14.5 Å². The molecule has 0 N–H and O–H groups in total. The van der Waals surface area contributed by atoms with Crippen molar-refractivity contribution >= 4 is 17.6 Å². The smallest absolute Gasteiger partial charge is 0.153 e. The van der Waals surface area contributed by atoms with E-state index in [9.17, 15) is 4.79 Å². The molecule has 0 unspecified atom stereocenters. The zero-order chi connectivity index (χ0) is 21.5. The van der Waals surface area contributed by atoms with Gasteiger partial charge in [0, 0.05) is 22.9 Å². The number of carbonyl (C=O) groups is 1. The molecular weight excluding hydrogens is 406 g/mol. The Morgan fingerprint density at radius 1 is 0.935 bits per heavy atom. The molecule has 0 spiro atoms. The molecule has 4 nitrogen and oxygen atoms in total. The molecule has 0 saturated carbocycles. The van der Waals surface area contributed by atoms with Gasteiger partial charge < -0.3 is 9.47 Å². The van der Waals surface area contributed by atoms with Crippen molar-refractivity contribution in [1.82, 2.24) is 4.98 Å². The molecule has 0 saturated heterocycles. The average Bonchev–Trinajstić information content (AvgIpc) is 3.19. The van der Waals surface area contributed by atoms with Gasteiger partial charge in [0.1, 0.15) is 23.1 Å². The minimum Gasteiger partial charge on any atom is -0.492 e. The van der Waals surface area contributed by atoms with Crippen LogP contribution in [0.5, 0.6) is 11.5 Å². The third-order valence-electron chi connectivity index (χ3n) is 4.87. The van der Waals surface area contributed by atoms with Crippen molar-refractivity contribution in [2.75, 3.05) is 6.61 Å². The number of benzene rings is 3. The minimum absolute atomic E-state index is 0.432. The van der Waals surface area contributed by atoms with E-state index in [-0.39, 0.29) is 0 Å². The van der Waals surface area contributed by atoms with Crippen molar-refractivity contribution in [3.63, 3.8) is 0 Å². The first-order chi connectivity index (χ1) is 15.2. The maximum Gasteiger partial charge on any atom is 0.153 e. The number of rotatable bonds is 9. The van der Waals surface area contributed by atoms with Crippen LogP contribution in [0.1, 0.15) is 26.5 Å². The molecule has 4 rings (SSSR count). The van der Waals surface area contributed by atoms with Crippen LogP contribution in [0.3, 0.4) is 0 Å². The van der Waals surface area contributed by atoms with Gasteiger partial charge in [0.15, 0.2) is 6.29 Å². The Hall–Kier alpha value is -3.44. The summed E-state index contributed by atoms with van der Waals surface area (Å²) in [6.07, 6.45) is 1.47. The second kappa shape index (κ2) is 10.0. The van der Waals surface area contributed by atoms with Crippen molar-refractivity contribution in [3.8, 4) is 22.1 Å². The third-order valence-corrected chi connectivity index (χ3v) is 5.93. The van der Waals surface area contributed by atoms with E-state index in [0.29, 0.717) is 36.7 Å². The van der Waals surface area contributed by atoms with E-state index in [1.54, 1.807) is 29.5 Å². The van der Waals surface area contributed by atoms with Crippen molar-refractivity contribution in [1.29, 1.82) is 0 Å². The van der Waals surface area contributed by atoms with E-state index in [2.05, 4.69) is 19.1 Å². The van der Waals surface area contributed by atoms with Gasteiger partial charge in [0.05, 0.1) is 17.9 Å². The first kappa shape index (κ1) is 20.8. The molecule has 0 bridgehead atoms. The van der Waals surface area contributed by atoms with Crippen LogP contribution in [0.2, 0.25) is 0 Å². The monoisotopic (exact) mass is 429 g/mol. The van der Waals surface area contributed by atoms with E-state index in [1.165, 1.54) is 4.88 Å². The van der Waals surface area contributed by atoms with E-state index in [1.807, 2.05) is 48.5 Å². The van der Waals surface area contributed by atoms with Gasteiger partial charge in [-0.25, -0.2) is 4.98 Å². The number of thiazole rings is 1. The van der Waals surface area contributed by atoms with Crippen molar-refractivity contribution in [2.24, 2.45) is 0 Å². The maximum absolute atomic E-state index is 11.4. The second-order valence-corrected chi connectivity index (χ2v) is 8.28. The van der Waals surface area contributed by atoms with Crippen LogP contribution in [0, 0.1) is 6.92 Å². The number of aldehydes is 1. The minimum atomic E-state index is 0.432. The second-order valence-electron chi connectivity index (χ2n) is 7.08. The van der Waals surface area contributed by atoms with Gasteiger partial charge in [0.2, 0.25) is 0 Å². The molecule has 0 amide bonds. The molecular formula is C26H23NO3S. The fourth-order valence-corrected chi connectivity index (χ4v) is 4.15. The van der Waals surface area contributed by atoms with Crippen LogP contribution >= 0.6 is 11.3 Å². The van der Waals surface area contributed by atoms with Gasteiger partial charge in [0.25, 0.3) is 0 Å². The summed E-state index contributed by atoms with van der Waals surface area (Å²) in [6, 6.07) is 25.4. The zero-order valence-corrected chi connectivity index (χ0v) is 18.1. The van der Waals surface area contributed by atoms with Crippen LogP contribution < -0.4 is 9.47 Å². The van der Waals surface area contributed by atoms with Crippen LogP contribution in [0.25, 0.3) is 10.6 Å². The van der Waals surface area contributed by atoms with Crippen LogP contribution in [-0.2, 0) is 13.0 Å². The molecule has 156 valence electrons. The first-order valence-electron chi connectivity index (χ1n) is 10.1. The molecule has 0 fully saturated rings. The van der Waals surface area contributed by atoms with Crippen LogP contribution in [0.4, 0.5) is 0 Å². The molecule has 0 aliphatic rings. The van der Waals surface area contributed by atoms with Crippen molar-refractivity contribution in [3.05, 3.63) is 101 Å². The van der Waals surface area contributed by atoms with E-state index < -0.39 is 0 Å².